The number of aryl methyl sites for hydroxylation is 2. The van der Waals surface area contributed by atoms with Crippen LogP contribution in [0.2, 0.25) is 0 Å². The smallest absolute Gasteiger partial charge is 0.260 e. The number of benzene rings is 1. The fourth-order valence-corrected chi connectivity index (χ4v) is 3.46. The third kappa shape index (κ3) is 2.04. The van der Waals surface area contributed by atoms with Crippen molar-refractivity contribution < 1.29 is 4.39 Å². The van der Waals surface area contributed by atoms with Gasteiger partial charge in [0.15, 0.2) is 0 Å². The van der Waals surface area contributed by atoms with E-state index in [1.165, 1.54) is 23.5 Å². The molecule has 0 atom stereocenters. The van der Waals surface area contributed by atoms with Crippen LogP contribution < -0.4 is 5.56 Å². The highest BCUT2D eigenvalue weighted by Crippen LogP contribution is 2.28. The van der Waals surface area contributed by atoms with Crippen LogP contribution in [0.4, 0.5) is 4.39 Å². The zero-order chi connectivity index (χ0) is 14.3. The largest absolute Gasteiger partial charge is 0.306 e. The molecule has 20 heavy (non-hydrogen) atoms. The second-order valence-electron chi connectivity index (χ2n) is 4.59. The first-order chi connectivity index (χ1) is 9.60. The molecule has 3 rings (SSSR count). The zero-order valence-electron chi connectivity index (χ0n) is 11.2. The van der Waals surface area contributed by atoms with E-state index >= 15 is 0 Å². The van der Waals surface area contributed by atoms with Gasteiger partial charge in [-0.2, -0.15) is 0 Å². The number of aromatic amines is 1. The van der Waals surface area contributed by atoms with Crippen LogP contribution in [0.15, 0.2) is 29.1 Å². The minimum Gasteiger partial charge on any atom is -0.306 e. The number of halogens is 1. The highest BCUT2D eigenvalue weighted by Gasteiger charge is 2.14. The number of hydrogen-bond acceptors (Lipinski definition) is 3. The number of rotatable bonds is 2. The van der Waals surface area contributed by atoms with E-state index in [9.17, 15) is 9.18 Å². The maximum atomic E-state index is 12.9. The fourth-order valence-electron chi connectivity index (χ4n) is 2.35. The van der Waals surface area contributed by atoms with E-state index in [4.69, 9.17) is 0 Å². The molecule has 0 radical (unpaired) electrons. The van der Waals surface area contributed by atoms with E-state index in [2.05, 4.69) is 9.97 Å². The lowest BCUT2D eigenvalue weighted by molar-refractivity contribution is 0.628. The molecule has 1 aromatic carbocycles. The summed E-state index contributed by atoms with van der Waals surface area (Å²) >= 11 is 1.52. The lowest BCUT2D eigenvalue weighted by Gasteiger charge is -2.01. The van der Waals surface area contributed by atoms with Crippen LogP contribution in [-0.2, 0) is 6.42 Å². The molecule has 0 aliphatic carbocycles. The average molecular weight is 288 g/mol. The van der Waals surface area contributed by atoms with E-state index < -0.39 is 0 Å². The lowest BCUT2D eigenvalue weighted by Crippen LogP contribution is -2.09. The molecule has 3 aromatic rings. The lowest BCUT2D eigenvalue weighted by atomic mass is 10.1. The molecule has 2 aromatic heterocycles. The van der Waals surface area contributed by atoms with Crippen LogP contribution in [0.1, 0.15) is 17.4 Å². The molecular weight excluding hydrogens is 275 g/mol. The van der Waals surface area contributed by atoms with E-state index in [1.807, 2.05) is 13.8 Å². The number of thiophene rings is 1. The Kier molecular flexibility index (Phi) is 3.14. The Morgan fingerprint density at radius 3 is 2.65 bits per heavy atom. The van der Waals surface area contributed by atoms with Gasteiger partial charge in [0.2, 0.25) is 0 Å². The second kappa shape index (κ2) is 4.83. The van der Waals surface area contributed by atoms with Crippen molar-refractivity contribution in [2.75, 3.05) is 0 Å². The van der Waals surface area contributed by atoms with Crippen LogP contribution in [0.3, 0.4) is 0 Å². The molecule has 0 aliphatic heterocycles. The Hall–Kier alpha value is -2.01. The molecule has 2 heterocycles. The third-order valence-electron chi connectivity index (χ3n) is 3.33. The summed E-state index contributed by atoms with van der Waals surface area (Å²) in [5.41, 5.74) is 1.63. The number of fused-ring (bicyclic) bond motifs is 1. The monoisotopic (exact) mass is 288 g/mol. The van der Waals surface area contributed by atoms with Gasteiger partial charge in [-0.15, -0.1) is 11.3 Å². The van der Waals surface area contributed by atoms with Crippen molar-refractivity contribution >= 4 is 21.6 Å². The maximum absolute atomic E-state index is 12.9. The Morgan fingerprint density at radius 1 is 1.30 bits per heavy atom. The molecule has 0 saturated carbocycles. The molecule has 0 saturated heterocycles. The third-order valence-corrected chi connectivity index (χ3v) is 4.38. The number of nitrogens with one attached hydrogen (secondary N) is 1. The van der Waals surface area contributed by atoms with Gasteiger partial charge in [0, 0.05) is 10.4 Å². The highest BCUT2D eigenvalue weighted by molar-refractivity contribution is 7.18. The van der Waals surface area contributed by atoms with Crippen molar-refractivity contribution in [1.82, 2.24) is 9.97 Å². The van der Waals surface area contributed by atoms with E-state index in [0.717, 1.165) is 21.7 Å². The summed E-state index contributed by atoms with van der Waals surface area (Å²) in [6.07, 6.45) is 0.812. The van der Waals surface area contributed by atoms with E-state index in [0.29, 0.717) is 16.8 Å². The maximum Gasteiger partial charge on any atom is 0.260 e. The molecule has 0 spiro atoms. The van der Waals surface area contributed by atoms with Crippen LogP contribution in [0, 0.1) is 12.7 Å². The summed E-state index contributed by atoms with van der Waals surface area (Å²) in [4.78, 5) is 21.4. The topological polar surface area (TPSA) is 45.8 Å². The summed E-state index contributed by atoms with van der Waals surface area (Å²) < 4.78 is 12.9. The Bertz CT molecular complexity index is 833. The van der Waals surface area contributed by atoms with Crippen molar-refractivity contribution in [3.63, 3.8) is 0 Å². The Balaban J connectivity index is 2.25. The molecule has 0 amide bonds. The summed E-state index contributed by atoms with van der Waals surface area (Å²) in [6.45, 7) is 4.03. The summed E-state index contributed by atoms with van der Waals surface area (Å²) in [5.74, 6) is 0.170. The standard InChI is InChI=1S/C15H13FN2OS/c1-3-11-8(2)20-15-12(11)14(19)17-13(18-15)9-4-6-10(16)7-5-9/h4-7H,3H2,1-2H3,(H,17,18,19). The van der Waals surface area contributed by atoms with Gasteiger partial charge < -0.3 is 4.98 Å². The van der Waals surface area contributed by atoms with Gasteiger partial charge in [0.05, 0.1) is 5.39 Å². The first-order valence-corrected chi connectivity index (χ1v) is 7.20. The Labute approximate surface area is 119 Å². The van der Waals surface area contributed by atoms with Gasteiger partial charge in [-0.3, -0.25) is 4.79 Å². The first-order valence-electron chi connectivity index (χ1n) is 6.38. The summed E-state index contributed by atoms with van der Waals surface area (Å²) in [5, 5.41) is 0.681. The SMILES string of the molecule is CCc1c(C)sc2nc(-c3ccc(F)cc3)[nH]c(=O)c12. The molecular formula is C15H13FN2OS. The van der Waals surface area contributed by atoms with Gasteiger partial charge in [-0.1, -0.05) is 6.92 Å². The zero-order valence-corrected chi connectivity index (χ0v) is 12.0. The summed E-state index contributed by atoms with van der Waals surface area (Å²) in [7, 11) is 0. The molecule has 0 aliphatic rings. The van der Waals surface area contributed by atoms with Gasteiger partial charge in [0.25, 0.3) is 5.56 Å². The first kappa shape index (κ1) is 13.0. The molecule has 5 heteroatoms. The predicted molar refractivity (Wildman–Crippen MR) is 79.7 cm³/mol. The van der Waals surface area contributed by atoms with Crippen LogP contribution in [0.5, 0.6) is 0 Å². The van der Waals surface area contributed by atoms with Gasteiger partial charge in [-0.05, 0) is 43.2 Å². The predicted octanol–water partition coefficient (Wildman–Crippen LogP) is 3.66. The van der Waals surface area contributed by atoms with Gasteiger partial charge >= 0.3 is 0 Å². The van der Waals surface area contributed by atoms with Crippen molar-refractivity contribution in [1.29, 1.82) is 0 Å². The fraction of sp³-hybridized carbons (Fsp3) is 0.200. The van der Waals surface area contributed by atoms with Crippen molar-refractivity contribution in [3.05, 3.63) is 50.9 Å². The van der Waals surface area contributed by atoms with Crippen LogP contribution in [0.25, 0.3) is 21.6 Å². The minimum absolute atomic E-state index is 0.129. The molecule has 102 valence electrons. The molecule has 0 unspecified atom stereocenters. The highest BCUT2D eigenvalue weighted by atomic mass is 32.1. The normalized spacial score (nSPS) is 11.2. The quantitative estimate of drug-likeness (QED) is 0.782. The summed E-state index contributed by atoms with van der Waals surface area (Å²) in [6, 6.07) is 5.94. The van der Waals surface area contributed by atoms with Crippen molar-refractivity contribution in [2.45, 2.75) is 20.3 Å². The number of hydrogen-bond donors (Lipinski definition) is 1. The van der Waals surface area contributed by atoms with Crippen LogP contribution in [-0.4, -0.2) is 9.97 Å². The van der Waals surface area contributed by atoms with Crippen molar-refractivity contribution in [2.24, 2.45) is 0 Å². The molecule has 0 bridgehead atoms. The molecule has 1 N–H and O–H groups in total. The molecule has 3 nitrogen and oxygen atoms in total. The Morgan fingerprint density at radius 2 is 2.00 bits per heavy atom. The van der Waals surface area contributed by atoms with E-state index in [-0.39, 0.29) is 11.4 Å². The van der Waals surface area contributed by atoms with Crippen LogP contribution >= 0.6 is 11.3 Å². The second-order valence-corrected chi connectivity index (χ2v) is 5.80. The van der Waals surface area contributed by atoms with Crippen molar-refractivity contribution in [3.8, 4) is 11.4 Å². The average Bonchev–Trinajstić information content (AvgIpc) is 2.75. The van der Waals surface area contributed by atoms with Gasteiger partial charge in [-0.25, -0.2) is 9.37 Å². The number of H-pyrrole nitrogens is 1. The minimum atomic E-state index is -0.308. The molecule has 0 fully saturated rings. The van der Waals surface area contributed by atoms with E-state index in [1.54, 1.807) is 12.1 Å². The van der Waals surface area contributed by atoms with Gasteiger partial charge in [0.1, 0.15) is 16.5 Å². The number of aromatic nitrogens is 2. The number of nitrogens with zero attached hydrogens (tertiary/aromatic N) is 1.